The monoisotopic (exact) mass is 360 g/mol. The van der Waals surface area contributed by atoms with Crippen LogP contribution in [0.2, 0.25) is 0 Å². The minimum atomic E-state index is -5.06. The van der Waals surface area contributed by atoms with Crippen molar-refractivity contribution in [3.05, 3.63) is 59.4 Å². The minimum Gasteiger partial charge on any atom is -0.465 e. The third-order valence-electron chi connectivity index (χ3n) is 3.51. The van der Waals surface area contributed by atoms with Crippen molar-refractivity contribution in [1.82, 2.24) is 0 Å². The van der Waals surface area contributed by atoms with Crippen LogP contribution in [0.1, 0.15) is 22.8 Å². The fourth-order valence-corrected chi connectivity index (χ4v) is 1.96. The zero-order chi connectivity index (χ0) is 18.8. The Morgan fingerprint density at radius 2 is 1.60 bits per heavy atom. The van der Waals surface area contributed by atoms with Crippen LogP contribution in [0.3, 0.4) is 0 Å². The summed E-state index contributed by atoms with van der Waals surface area (Å²) >= 11 is 0. The number of rotatable bonds is 4. The Morgan fingerprint density at radius 1 is 1.00 bits per heavy atom. The average molecular weight is 360 g/mol. The zero-order valence-electron chi connectivity index (χ0n) is 13.2. The Morgan fingerprint density at radius 3 is 2.08 bits per heavy atom. The highest BCUT2D eigenvalue weighted by atomic mass is 19.4. The Labute approximate surface area is 140 Å². The van der Waals surface area contributed by atoms with E-state index in [1.54, 1.807) is 0 Å². The van der Waals surface area contributed by atoms with Crippen LogP contribution in [-0.2, 0) is 10.4 Å². The predicted molar refractivity (Wildman–Crippen MR) is 78.8 cm³/mol. The van der Waals surface area contributed by atoms with Crippen molar-refractivity contribution in [2.75, 3.05) is 7.11 Å². The number of ether oxygens (including phenoxy) is 2. The van der Waals surface area contributed by atoms with E-state index >= 15 is 0 Å². The molecule has 2 aromatic carbocycles. The minimum absolute atomic E-state index is 0.00597. The molecule has 0 heterocycles. The molecule has 0 saturated heterocycles. The number of carbonyl (C=O) groups is 1. The first kappa shape index (κ1) is 18.7. The number of halogens is 5. The van der Waals surface area contributed by atoms with Gasteiger partial charge >= 0.3 is 12.1 Å². The highest BCUT2D eigenvalue weighted by Crippen LogP contribution is 2.42. The number of esters is 1. The first-order chi connectivity index (χ1) is 11.6. The van der Waals surface area contributed by atoms with Gasteiger partial charge < -0.3 is 9.47 Å². The molecule has 3 nitrogen and oxygen atoms in total. The lowest BCUT2D eigenvalue weighted by molar-refractivity contribution is -0.228. The molecule has 134 valence electrons. The molecule has 0 radical (unpaired) electrons. The largest absolute Gasteiger partial charge is 0.465 e. The number of alkyl halides is 4. The first-order valence-corrected chi connectivity index (χ1v) is 6.98. The maximum Gasteiger partial charge on any atom is 0.426 e. The van der Waals surface area contributed by atoms with Crippen molar-refractivity contribution in [3.8, 4) is 11.5 Å². The van der Waals surface area contributed by atoms with Crippen molar-refractivity contribution >= 4 is 5.97 Å². The van der Waals surface area contributed by atoms with Crippen LogP contribution < -0.4 is 4.74 Å². The van der Waals surface area contributed by atoms with E-state index in [2.05, 4.69) is 4.74 Å². The van der Waals surface area contributed by atoms with Crippen LogP contribution in [0.25, 0.3) is 0 Å². The molecule has 2 aromatic rings. The Balaban J connectivity index is 2.21. The summed E-state index contributed by atoms with van der Waals surface area (Å²) < 4.78 is 75.4. The summed E-state index contributed by atoms with van der Waals surface area (Å²) in [7, 11) is 1.14. The second-order valence-electron chi connectivity index (χ2n) is 5.26. The van der Waals surface area contributed by atoms with Crippen LogP contribution in [-0.4, -0.2) is 19.3 Å². The molecule has 0 aliphatic carbocycles. The third-order valence-corrected chi connectivity index (χ3v) is 3.51. The molecule has 2 rings (SSSR count). The molecule has 0 saturated carbocycles. The number of methoxy groups -OCH3 is 1. The molecule has 8 heteroatoms. The smallest absolute Gasteiger partial charge is 0.426 e. The maximum atomic E-state index is 13.9. The highest BCUT2D eigenvalue weighted by Gasteiger charge is 2.53. The molecule has 25 heavy (non-hydrogen) atoms. The number of carbonyl (C=O) groups excluding carboxylic acids is 1. The molecule has 0 fully saturated rings. The third kappa shape index (κ3) is 3.89. The van der Waals surface area contributed by atoms with E-state index in [0.717, 1.165) is 37.4 Å². The van der Waals surface area contributed by atoms with Crippen LogP contribution in [0.15, 0.2) is 42.5 Å². The Kier molecular flexibility index (Phi) is 5.01. The van der Waals surface area contributed by atoms with Crippen molar-refractivity contribution in [2.45, 2.75) is 18.8 Å². The summed E-state index contributed by atoms with van der Waals surface area (Å²) in [5.74, 6) is -1.84. The lowest BCUT2D eigenvalue weighted by atomic mass is 9.97. The predicted octanol–water partition coefficient (Wildman–Crippen LogP) is 5.15. The van der Waals surface area contributed by atoms with Gasteiger partial charge in [0.05, 0.1) is 12.7 Å². The molecule has 0 amide bonds. The van der Waals surface area contributed by atoms with Gasteiger partial charge in [0.25, 0.3) is 0 Å². The topological polar surface area (TPSA) is 35.5 Å². The summed E-state index contributed by atoms with van der Waals surface area (Å²) in [5, 5.41) is 0. The van der Waals surface area contributed by atoms with Crippen LogP contribution in [0.4, 0.5) is 22.0 Å². The Bertz CT molecular complexity index is 767. The van der Waals surface area contributed by atoms with Gasteiger partial charge in [-0.05, 0) is 42.8 Å². The van der Waals surface area contributed by atoms with Gasteiger partial charge in [0, 0.05) is 0 Å². The summed E-state index contributed by atoms with van der Waals surface area (Å²) in [6.07, 6.45) is -5.06. The maximum absolute atomic E-state index is 13.9. The van der Waals surface area contributed by atoms with E-state index in [-0.39, 0.29) is 17.1 Å². The average Bonchev–Trinajstić information content (AvgIpc) is 2.55. The fourth-order valence-electron chi connectivity index (χ4n) is 1.96. The van der Waals surface area contributed by atoms with Crippen LogP contribution >= 0.6 is 0 Å². The fraction of sp³-hybridized carbons (Fsp3) is 0.235. The van der Waals surface area contributed by atoms with E-state index in [1.807, 2.05) is 0 Å². The van der Waals surface area contributed by atoms with Crippen molar-refractivity contribution in [3.63, 3.8) is 0 Å². The van der Waals surface area contributed by atoms with Gasteiger partial charge in [0.15, 0.2) is 11.6 Å². The van der Waals surface area contributed by atoms with Gasteiger partial charge in [-0.2, -0.15) is 13.2 Å². The van der Waals surface area contributed by atoms with Crippen molar-refractivity contribution in [1.29, 1.82) is 0 Å². The van der Waals surface area contributed by atoms with Gasteiger partial charge in [0.2, 0.25) is 5.67 Å². The van der Waals surface area contributed by atoms with E-state index in [1.165, 1.54) is 12.1 Å². The van der Waals surface area contributed by atoms with Gasteiger partial charge in [-0.25, -0.2) is 13.6 Å². The number of benzene rings is 2. The molecule has 0 N–H and O–H groups in total. The molecule has 1 unspecified atom stereocenters. The number of hydrogen-bond donors (Lipinski definition) is 0. The van der Waals surface area contributed by atoms with Crippen LogP contribution in [0.5, 0.6) is 11.5 Å². The molecule has 0 bridgehead atoms. The lowest BCUT2D eigenvalue weighted by Crippen LogP contribution is -2.34. The summed E-state index contributed by atoms with van der Waals surface area (Å²) in [6, 6.07) is 7.33. The standard InChI is InChI=1S/C17H13F5O3/c1-16(19,17(20,21)22)11-4-6-12(7-5-11)25-14-8-3-10(9-13(14)18)15(23)24-2/h3-9H,1-2H3. The Hall–Kier alpha value is -2.64. The zero-order valence-corrected chi connectivity index (χ0v) is 13.2. The molecular formula is C17H13F5O3. The first-order valence-electron chi connectivity index (χ1n) is 6.98. The van der Waals surface area contributed by atoms with E-state index in [9.17, 15) is 26.7 Å². The van der Waals surface area contributed by atoms with Gasteiger partial charge in [-0.15, -0.1) is 0 Å². The molecule has 0 aromatic heterocycles. The molecule has 0 aliphatic rings. The summed E-state index contributed by atoms with van der Waals surface area (Å²) in [4.78, 5) is 11.3. The van der Waals surface area contributed by atoms with E-state index < -0.39 is 29.2 Å². The number of hydrogen-bond acceptors (Lipinski definition) is 3. The van der Waals surface area contributed by atoms with Crippen molar-refractivity contribution in [2.24, 2.45) is 0 Å². The quantitative estimate of drug-likeness (QED) is 0.559. The molecule has 0 spiro atoms. The second-order valence-corrected chi connectivity index (χ2v) is 5.26. The lowest BCUT2D eigenvalue weighted by Gasteiger charge is -2.24. The highest BCUT2D eigenvalue weighted by molar-refractivity contribution is 5.89. The van der Waals surface area contributed by atoms with Gasteiger partial charge in [-0.1, -0.05) is 12.1 Å². The van der Waals surface area contributed by atoms with Gasteiger partial charge in [-0.3, -0.25) is 0 Å². The van der Waals surface area contributed by atoms with E-state index in [0.29, 0.717) is 6.92 Å². The summed E-state index contributed by atoms with van der Waals surface area (Å²) in [5.41, 5.74) is -4.14. The van der Waals surface area contributed by atoms with Crippen LogP contribution in [0, 0.1) is 5.82 Å². The van der Waals surface area contributed by atoms with Gasteiger partial charge in [0.1, 0.15) is 5.75 Å². The molecule has 0 aliphatic heterocycles. The second kappa shape index (κ2) is 6.70. The molecular weight excluding hydrogens is 347 g/mol. The molecule has 1 atom stereocenters. The summed E-state index contributed by atoms with van der Waals surface area (Å²) in [6.45, 7) is 0.411. The normalized spacial score (nSPS) is 13.9. The SMILES string of the molecule is COC(=O)c1ccc(Oc2ccc(C(C)(F)C(F)(F)F)cc2)c(F)c1. The van der Waals surface area contributed by atoms with Crippen molar-refractivity contribution < 1.29 is 36.2 Å². The van der Waals surface area contributed by atoms with E-state index in [4.69, 9.17) is 4.74 Å².